The minimum atomic E-state index is -4.21. The number of amides is 1. The van der Waals surface area contributed by atoms with Crippen LogP contribution >= 0.6 is 23.2 Å². The second-order valence-electron chi connectivity index (χ2n) is 6.37. The molecule has 0 radical (unpaired) electrons. The first kappa shape index (κ1) is 23.6. The van der Waals surface area contributed by atoms with Crippen LogP contribution in [0.15, 0.2) is 59.5 Å². The maximum atomic E-state index is 14.6. The Morgan fingerprint density at radius 3 is 2.22 bits per heavy atom. The molecule has 0 atom stereocenters. The molecule has 3 aromatic carbocycles. The van der Waals surface area contributed by atoms with Crippen LogP contribution in [0.1, 0.15) is 10.4 Å². The summed E-state index contributed by atoms with van der Waals surface area (Å²) in [5, 5.41) is 2.79. The summed E-state index contributed by atoms with van der Waals surface area (Å²) in [5.41, 5.74) is -0.0134. The molecular weight excluding hydrogens is 482 g/mol. The van der Waals surface area contributed by atoms with Crippen molar-refractivity contribution in [1.29, 1.82) is 0 Å². The van der Waals surface area contributed by atoms with E-state index in [-0.39, 0.29) is 43.4 Å². The van der Waals surface area contributed by atoms with Gasteiger partial charge in [0.1, 0.15) is 17.3 Å². The molecular formula is C21H17Cl2FN2O5S. The summed E-state index contributed by atoms with van der Waals surface area (Å²) >= 11 is 12.0. The summed E-state index contributed by atoms with van der Waals surface area (Å²) in [7, 11) is -1.50. The molecule has 7 nitrogen and oxygen atoms in total. The summed E-state index contributed by atoms with van der Waals surface area (Å²) in [6, 6.07) is 12.0. The minimum absolute atomic E-state index is 0.0465. The van der Waals surface area contributed by atoms with Crippen LogP contribution in [0.4, 0.5) is 15.8 Å². The van der Waals surface area contributed by atoms with E-state index >= 15 is 0 Å². The number of benzene rings is 3. The van der Waals surface area contributed by atoms with Crippen molar-refractivity contribution in [2.45, 2.75) is 4.90 Å². The third kappa shape index (κ3) is 5.07. The Balaban J connectivity index is 1.87. The average molecular weight is 499 g/mol. The maximum Gasteiger partial charge on any atom is 0.262 e. The van der Waals surface area contributed by atoms with Gasteiger partial charge in [0.15, 0.2) is 0 Å². The first-order chi connectivity index (χ1) is 15.2. The lowest BCUT2D eigenvalue weighted by molar-refractivity contribution is 0.102. The Morgan fingerprint density at radius 2 is 1.59 bits per heavy atom. The number of nitrogens with one attached hydrogen (secondary N) is 2. The summed E-state index contributed by atoms with van der Waals surface area (Å²) in [5.74, 6) is -1.23. The zero-order valence-corrected chi connectivity index (χ0v) is 19.1. The number of ether oxygens (including phenoxy) is 2. The first-order valence-electron chi connectivity index (χ1n) is 8.96. The van der Waals surface area contributed by atoms with E-state index in [1.54, 1.807) is 12.1 Å². The van der Waals surface area contributed by atoms with Gasteiger partial charge in [-0.25, -0.2) is 12.8 Å². The molecule has 0 heterocycles. The maximum absolute atomic E-state index is 14.6. The highest BCUT2D eigenvalue weighted by atomic mass is 35.5. The fourth-order valence-corrected chi connectivity index (χ4v) is 4.27. The number of hydrogen-bond acceptors (Lipinski definition) is 5. The van der Waals surface area contributed by atoms with Crippen LogP contribution < -0.4 is 19.5 Å². The number of halogens is 3. The van der Waals surface area contributed by atoms with Gasteiger partial charge in [-0.2, -0.15) is 0 Å². The normalized spacial score (nSPS) is 11.0. The molecule has 0 aliphatic heterocycles. The van der Waals surface area contributed by atoms with Crippen LogP contribution in [0.5, 0.6) is 11.5 Å². The highest BCUT2D eigenvalue weighted by Gasteiger charge is 2.21. The summed E-state index contributed by atoms with van der Waals surface area (Å²) in [6.45, 7) is 0. The van der Waals surface area contributed by atoms with Gasteiger partial charge in [-0.1, -0.05) is 35.3 Å². The quantitative estimate of drug-likeness (QED) is 0.466. The fraction of sp³-hybridized carbons (Fsp3) is 0.0952. The number of sulfonamides is 1. The van der Waals surface area contributed by atoms with Crippen molar-refractivity contribution in [3.8, 4) is 11.5 Å². The molecule has 0 spiro atoms. The topological polar surface area (TPSA) is 93.7 Å². The van der Waals surface area contributed by atoms with E-state index < -0.39 is 21.7 Å². The van der Waals surface area contributed by atoms with E-state index in [0.717, 1.165) is 18.2 Å². The molecule has 0 unspecified atom stereocenters. The molecule has 3 rings (SSSR count). The van der Waals surface area contributed by atoms with E-state index in [4.69, 9.17) is 32.7 Å². The number of anilines is 2. The van der Waals surface area contributed by atoms with Crippen LogP contribution in [0.3, 0.4) is 0 Å². The van der Waals surface area contributed by atoms with Gasteiger partial charge in [0.05, 0.1) is 46.1 Å². The molecule has 0 aromatic heterocycles. The smallest absolute Gasteiger partial charge is 0.262 e. The lowest BCUT2D eigenvalue weighted by Crippen LogP contribution is -2.16. The largest absolute Gasteiger partial charge is 0.495 e. The molecule has 168 valence electrons. The van der Waals surface area contributed by atoms with Crippen molar-refractivity contribution in [2.75, 3.05) is 24.3 Å². The van der Waals surface area contributed by atoms with Crippen molar-refractivity contribution in [3.63, 3.8) is 0 Å². The molecule has 0 saturated carbocycles. The van der Waals surface area contributed by atoms with Crippen LogP contribution in [0.25, 0.3) is 0 Å². The second kappa shape index (κ2) is 9.64. The molecule has 3 aromatic rings. The van der Waals surface area contributed by atoms with E-state index in [9.17, 15) is 17.6 Å². The zero-order valence-electron chi connectivity index (χ0n) is 16.8. The Labute approximate surface area is 194 Å². The Hall–Kier alpha value is -3.01. The molecule has 0 aliphatic rings. The van der Waals surface area contributed by atoms with Crippen molar-refractivity contribution >= 4 is 50.5 Å². The van der Waals surface area contributed by atoms with Crippen LogP contribution in [0, 0.1) is 5.82 Å². The first-order valence-corrected chi connectivity index (χ1v) is 11.2. The molecule has 2 N–H and O–H groups in total. The fourth-order valence-electron chi connectivity index (χ4n) is 2.74. The Bertz CT molecular complexity index is 1290. The Morgan fingerprint density at radius 1 is 0.906 bits per heavy atom. The molecule has 0 saturated heterocycles. The third-order valence-electron chi connectivity index (χ3n) is 4.34. The van der Waals surface area contributed by atoms with E-state index in [1.165, 1.54) is 38.5 Å². The van der Waals surface area contributed by atoms with Gasteiger partial charge in [-0.15, -0.1) is 0 Å². The van der Waals surface area contributed by atoms with Gasteiger partial charge in [0.2, 0.25) is 0 Å². The highest BCUT2D eigenvalue weighted by molar-refractivity contribution is 7.92. The molecule has 0 bridgehead atoms. The molecule has 11 heteroatoms. The van der Waals surface area contributed by atoms with E-state index in [0.29, 0.717) is 0 Å². The average Bonchev–Trinajstić information content (AvgIpc) is 2.76. The molecule has 1 amide bonds. The highest BCUT2D eigenvalue weighted by Crippen LogP contribution is 2.37. The zero-order chi connectivity index (χ0) is 23.5. The number of methoxy groups -OCH3 is 2. The Kier molecular flexibility index (Phi) is 7.12. The number of carbonyl (C=O) groups excluding carboxylic acids is 1. The van der Waals surface area contributed by atoms with Gasteiger partial charge >= 0.3 is 0 Å². The third-order valence-corrected chi connectivity index (χ3v) is 6.32. The van der Waals surface area contributed by atoms with Crippen LogP contribution in [-0.4, -0.2) is 28.5 Å². The number of hydrogen-bond donors (Lipinski definition) is 2. The van der Waals surface area contributed by atoms with Gasteiger partial charge in [-0.3, -0.25) is 9.52 Å². The van der Waals surface area contributed by atoms with Gasteiger partial charge in [0, 0.05) is 12.1 Å². The van der Waals surface area contributed by atoms with Crippen molar-refractivity contribution < 1.29 is 27.1 Å². The summed E-state index contributed by atoms with van der Waals surface area (Å²) < 4.78 is 52.7. The lowest BCUT2D eigenvalue weighted by Gasteiger charge is -2.15. The van der Waals surface area contributed by atoms with Gasteiger partial charge in [0.25, 0.3) is 15.9 Å². The summed E-state index contributed by atoms with van der Waals surface area (Å²) in [6.07, 6.45) is 0. The van der Waals surface area contributed by atoms with Crippen molar-refractivity contribution in [3.05, 3.63) is 76.0 Å². The summed E-state index contributed by atoms with van der Waals surface area (Å²) in [4.78, 5) is 12.0. The standard InChI is InChI=1S/C21H17Cl2FN2O5S/c1-30-19-11-18(20(31-2)10-15(19)23)26-32(28,29)12-7-8-17(16(24)9-12)25-21(27)13-5-3-4-6-14(13)22/h3-11,26H,1-2H3,(H,25,27). The number of carbonyl (C=O) groups is 1. The van der Waals surface area contributed by atoms with E-state index in [1.807, 2.05) is 0 Å². The van der Waals surface area contributed by atoms with Gasteiger partial charge < -0.3 is 14.8 Å². The number of rotatable bonds is 7. The predicted octanol–water partition coefficient (Wildman–Crippen LogP) is 5.20. The minimum Gasteiger partial charge on any atom is -0.495 e. The predicted molar refractivity (Wildman–Crippen MR) is 121 cm³/mol. The molecule has 0 fully saturated rings. The van der Waals surface area contributed by atoms with Crippen LogP contribution in [-0.2, 0) is 10.0 Å². The van der Waals surface area contributed by atoms with Crippen molar-refractivity contribution in [2.24, 2.45) is 0 Å². The van der Waals surface area contributed by atoms with Gasteiger partial charge in [-0.05, 0) is 30.3 Å². The van der Waals surface area contributed by atoms with E-state index in [2.05, 4.69) is 10.0 Å². The lowest BCUT2D eigenvalue weighted by atomic mass is 10.2. The molecule has 0 aliphatic carbocycles. The second-order valence-corrected chi connectivity index (χ2v) is 8.86. The SMILES string of the molecule is COc1cc(NS(=O)(=O)c2ccc(NC(=O)c3ccccc3Cl)c(F)c2)c(OC)cc1Cl. The van der Waals surface area contributed by atoms with Crippen molar-refractivity contribution in [1.82, 2.24) is 0 Å². The van der Waals surface area contributed by atoms with Crippen LogP contribution in [0.2, 0.25) is 10.0 Å². The molecule has 32 heavy (non-hydrogen) atoms. The monoisotopic (exact) mass is 498 g/mol.